The first-order valence-electron chi connectivity index (χ1n) is 7.53. The van der Waals surface area contributed by atoms with Crippen molar-refractivity contribution in [3.63, 3.8) is 0 Å². The molecule has 0 saturated carbocycles. The summed E-state index contributed by atoms with van der Waals surface area (Å²) in [6, 6.07) is 12.6. The fourth-order valence-electron chi connectivity index (χ4n) is 2.44. The van der Waals surface area contributed by atoms with E-state index in [1.54, 1.807) is 49.4 Å². The second-order valence-corrected chi connectivity index (χ2v) is 8.67. The van der Waals surface area contributed by atoms with Crippen LogP contribution in [0.15, 0.2) is 53.0 Å². The number of benzene rings is 2. The number of halogens is 2. The van der Waals surface area contributed by atoms with Crippen LogP contribution in [0.3, 0.4) is 0 Å². The molecule has 134 valence electrons. The van der Waals surface area contributed by atoms with Gasteiger partial charge in [-0.15, -0.1) is 0 Å². The molecule has 1 N–H and O–H groups in total. The van der Waals surface area contributed by atoms with E-state index in [4.69, 9.17) is 11.6 Å². The Balaban J connectivity index is 2.36. The van der Waals surface area contributed by atoms with Gasteiger partial charge >= 0.3 is 0 Å². The molecule has 2 rings (SSSR count). The maximum Gasteiger partial charge on any atom is 0.248 e. The Morgan fingerprint density at radius 3 is 2.40 bits per heavy atom. The van der Waals surface area contributed by atoms with Crippen LogP contribution >= 0.6 is 27.5 Å². The fraction of sp³-hybridized carbons (Fsp3) is 0.235. The van der Waals surface area contributed by atoms with Crippen molar-refractivity contribution >= 4 is 54.8 Å². The van der Waals surface area contributed by atoms with Crippen LogP contribution in [0.5, 0.6) is 0 Å². The van der Waals surface area contributed by atoms with Crippen molar-refractivity contribution in [2.75, 3.05) is 15.9 Å². The first-order chi connectivity index (χ1) is 11.7. The van der Waals surface area contributed by atoms with Gasteiger partial charge < -0.3 is 5.32 Å². The summed E-state index contributed by atoms with van der Waals surface area (Å²) in [6.45, 7) is 1.76. The summed E-state index contributed by atoms with van der Waals surface area (Å²) in [6.07, 6.45) is 1.40. The quantitative estimate of drug-likeness (QED) is 0.721. The van der Waals surface area contributed by atoms with Gasteiger partial charge in [-0.25, -0.2) is 8.42 Å². The third-order valence-electron chi connectivity index (χ3n) is 3.50. The predicted molar refractivity (Wildman–Crippen MR) is 106 cm³/mol. The van der Waals surface area contributed by atoms with Crippen LogP contribution in [0.4, 0.5) is 11.4 Å². The van der Waals surface area contributed by atoms with E-state index >= 15 is 0 Å². The Bertz CT molecular complexity index is 856. The average molecular weight is 446 g/mol. The molecule has 2 aromatic rings. The minimum atomic E-state index is -3.67. The second kappa shape index (κ2) is 8.21. The van der Waals surface area contributed by atoms with Gasteiger partial charge in [-0.3, -0.25) is 9.10 Å². The molecule has 0 fully saturated rings. The predicted octanol–water partition coefficient (Wildman–Crippen LogP) is 4.29. The number of amides is 1. The van der Waals surface area contributed by atoms with Gasteiger partial charge in [0, 0.05) is 15.2 Å². The lowest BCUT2D eigenvalue weighted by Crippen LogP contribution is -2.46. The van der Waals surface area contributed by atoms with Gasteiger partial charge in [0.2, 0.25) is 15.9 Å². The largest absolute Gasteiger partial charge is 0.324 e. The Labute approximate surface area is 161 Å². The number of hydrogen-bond acceptors (Lipinski definition) is 3. The smallest absolute Gasteiger partial charge is 0.248 e. The Hall–Kier alpha value is -1.57. The Kier molecular flexibility index (Phi) is 6.48. The molecule has 1 amide bonds. The van der Waals surface area contributed by atoms with Gasteiger partial charge in [-0.1, -0.05) is 40.5 Å². The van der Waals surface area contributed by atoms with Crippen LogP contribution in [-0.2, 0) is 14.8 Å². The Morgan fingerprint density at radius 2 is 1.88 bits per heavy atom. The fourth-order valence-corrected chi connectivity index (χ4v) is 4.18. The third kappa shape index (κ3) is 5.20. The first kappa shape index (κ1) is 19.8. The van der Waals surface area contributed by atoms with Crippen molar-refractivity contribution in [3.8, 4) is 0 Å². The van der Waals surface area contributed by atoms with Crippen molar-refractivity contribution in [2.45, 2.75) is 19.4 Å². The zero-order valence-electron chi connectivity index (χ0n) is 13.7. The standard InChI is InChI=1S/C17H18BrClN2O3S/c1-3-16(17(22)20-14-6-4-5-12(18)11-14)21(25(2,23)24)15-9-7-13(19)8-10-15/h4-11,16H,3H2,1-2H3,(H,20,22). The highest BCUT2D eigenvalue weighted by atomic mass is 79.9. The minimum absolute atomic E-state index is 0.315. The van der Waals surface area contributed by atoms with E-state index in [0.717, 1.165) is 15.0 Å². The molecule has 5 nitrogen and oxygen atoms in total. The van der Waals surface area contributed by atoms with E-state index in [9.17, 15) is 13.2 Å². The highest BCUT2D eigenvalue weighted by Crippen LogP contribution is 2.25. The van der Waals surface area contributed by atoms with Gasteiger partial charge in [0.1, 0.15) is 6.04 Å². The van der Waals surface area contributed by atoms with Crippen LogP contribution in [-0.4, -0.2) is 26.6 Å². The number of rotatable bonds is 6. The molecule has 0 aliphatic heterocycles. The molecule has 0 aromatic heterocycles. The summed E-state index contributed by atoms with van der Waals surface area (Å²) >= 11 is 9.22. The first-order valence-corrected chi connectivity index (χ1v) is 10.6. The SMILES string of the molecule is CCC(C(=O)Nc1cccc(Br)c1)N(c1ccc(Cl)cc1)S(C)(=O)=O. The molecule has 0 spiro atoms. The molecule has 25 heavy (non-hydrogen) atoms. The molecular formula is C17H18BrClN2O3S. The van der Waals surface area contributed by atoms with Crippen LogP contribution in [0.25, 0.3) is 0 Å². The summed E-state index contributed by atoms with van der Waals surface area (Å²) in [7, 11) is -3.67. The number of nitrogens with one attached hydrogen (secondary N) is 1. The molecule has 8 heteroatoms. The van der Waals surface area contributed by atoms with E-state index in [1.807, 2.05) is 6.07 Å². The molecule has 0 aliphatic carbocycles. The summed E-state index contributed by atoms with van der Waals surface area (Å²) in [5.74, 6) is -0.402. The van der Waals surface area contributed by atoms with Crippen LogP contribution in [0.1, 0.15) is 13.3 Å². The van der Waals surface area contributed by atoms with Crippen molar-refractivity contribution in [1.82, 2.24) is 0 Å². The zero-order chi connectivity index (χ0) is 18.6. The summed E-state index contributed by atoms with van der Waals surface area (Å²) in [4.78, 5) is 12.7. The van der Waals surface area contributed by atoms with Crippen molar-refractivity contribution in [1.29, 1.82) is 0 Å². The van der Waals surface area contributed by atoms with Crippen molar-refractivity contribution < 1.29 is 13.2 Å². The lowest BCUT2D eigenvalue weighted by atomic mass is 10.2. The average Bonchev–Trinajstić information content (AvgIpc) is 2.52. The van der Waals surface area contributed by atoms with Crippen LogP contribution in [0, 0.1) is 0 Å². The minimum Gasteiger partial charge on any atom is -0.324 e. The molecule has 0 bridgehead atoms. The number of nitrogens with zero attached hydrogens (tertiary/aromatic N) is 1. The molecule has 0 aliphatic rings. The normalized spacial score (nSPS) is 12.5. The second-order valence-electron chi connectivity index (χ2n) is 5.46. The van der Waals surface area contributed by atoms with Crippen LogP contribution < -0.4 is 9.62 Å². The number of anilines is 2. The number of carbonyl (C=O) groups is 1. The van der Waals surface area contributed by atoms with Crippen molar-refractivity contribution in [3.05, 3.63) is 58.0 Å². The van der Waals surface area contributed by atoms with Gasteiger partial charge in [0.15, 0.2) is 0 Å². The van der Waals surface area contributed by atoms with E-state index in [-0.39, 0.29) is 0 Å². The summed E-state index contributed by atoms with van der Waals surface area (Å²) in [5.41, 5.74) is 0.977. The van der Waals surface area contributed by atoms with E-state index in [0.29, 0.717) is 22.8 Å². The van der Waals surface area contributed by atoms with E-state index in [1.165, 1.54) is 0 Å². The highest BCUT2D eigenvalue weighted by molar-refractivity contribution is 9.10. The lowest BCUT2D eigenvalue weighted by molar-refractivity contribution is -0.117. The van der Waals surface area contributed by atoms with Gasteiger partial charge in [0.05, 0.1) is 11.9 Å². The summed E-state index contributed by atoms with van der Waals surface area (Å²) in [5, 5.41) is 3.26. The number of hydrogen-bond donors (Lipinski definition) is 1. The maximum absolute atomic E-state index is 12.7. The molecule has 0 saturated heterocycles. The molecular weight excluding hydrogens is 428 g/mol. The van der Waals surface area contributed by atoms with Crippen molar-refractivity contribution in [2.24, 2.45) is 0 Å². The molecule has 1 unspecified atom stereocenters. The highest BCUT2D eigenvalue weighted by Gasteiger charge is 2.31. The summed E-state index contributed by atoms with van der Waals surface area (Å²) < 4.78 is 26.6. The molecule has 0 radical (unpaired) electrons. The van der Waals surface area contributed by atoms with E-state index in [2.05, 4.69) is 21.2 Å². The topological polar surface area (TPSA) is 66.5 Å². The lowest BCUT2D eigenvalue weighted by Gasteiger charge is -2.30. The maximum atomic E-state index is 12.7. The van der Waals surface area contributed by atoms with Gasteiger partial charge in [-0.2, -0.15) is 0 Å². The van der Waals surface area contributed by atoms with Crippen LogP contribution in [0.2, 0.25) is 5.02 Å². The Morgan fingerprint density at radius 1 is 1.24 bits per heavy atom. The zero-order valence-corrected chi connectivity index (χ0v) is 16.9. The number of carbonyl (C=O) groups excluding carboxylic acids is 1. The molecule has 0 heterocycles. The van der Waals surface area contributed by atoms with Gasteiger partial charge in [-0.05, 0) is 48.9 Å². The number of sulfonamides is 1. The molecule has 1 atom stereocenters. The van der Waals surface area contributed by atoms with Gasteiger partial charge in [0.25, 0.3) is 0 Å². The molecule has 2 aromatic carbocycles. The third-order valence-corrected chi connectivity index (χ3v) is 5.43. The van der Waals surface area contributed by atoms with E-state index < -0.39 is 22.0 Å². The monoisotopic (exact) mass is 444 g/mol.